The molecule has 0 aliphatic carbocycles. The zero-order chi connectivity index (χ0) is 17.6. The molecular weight excluding hydrogens is 338 g/mol. The van der Waals surface area contributed by atoms with Crippen LogP contribution in [0.5, 0.6) is 5.75 Å². The molecule has 0 aliphatic heterocycles. The van der Waals surface area contributed by atoms with Crippen molar-refractivity contribution in [2.75, 3.05) is 18.2 Å². The highest BCUT2D eigenvalue weighted by atomic mass is 32.2. The zero-order valence-corrected chi connectivity index (χ0v) is 14.7. The summed E-state index contributed by atoms with van der Waals surface area (Å²) in [7, 11) is 1.60. The number of methoxy groups -OCH3 is 1. The lowest BCUT2D eigenvalue weighted by Crippen LogP contribution is -2.13. The van der Waals surface area contributed by atoms with Gasteiger partial charge in [-0.25, -0.2) is 0 Å². The van der Waals surface area contributed by atoms with Gasteiger partial charge in [-0.05, 0) is 42.8 Å². The highest BCUT2D eigenvalue weighted by Crippen LogP contribution is 2.25. The topological polar surface area (TPSA) is 77.2 Å². The third-order valence-electron chi connectivity index (χ3n) is 3.48. The Bertz CT molecular complexity index is 862. The van der Waals surface area contributed by atoms with E-state index in [1.54, 1.807) is 31.4 Å². The Kier molecular flexibility index (Phi) is 5.35. The number of ether oxygens (including phenoxy) is 1. The number of benzene rings is 2. The SMILES string of the molecule is COc1ccc(NC(=O)CSc2nnc(-c3ccccc3C)o2)cc1. The quantitative estimate of drug-likeness (QED) is 0.678. The molecule has 0 unspecified atom stereocenters. The second kappa shape index (κ2) is 7.85. The monoisotopic (exact) mass is 355 g/mol. The predicted molar refractivity (Wildman–Crippen MR) is 96.8 cm³/mol. The number of carbonyl (C=O) groups excluding carboxylic acids is 1. The molecule has 3 rings (SSSR count). The number of rotatable bonds is 6. The molecule has 25 heavy (non-hydrogen) atoms. The van der Waals surface area contributed by atoms with Gasteiger partial charge in [0.15, 0.2) is 0 Å². The van der Waals surface area contributed by atoms with Gasteiger partial charge in [-0.3, -0.25) is 4.79 Å². The molecule has 1 aromatic heterocycles. The molecule has 7 heteroatoms. The lowest BCUT2D eigenvalue weighted by atomic mass is 10.1. The van der Waals surface area contributed by atoms with E-state index in [4.69, 9.17) is 9.15 Å². The van der Waals surface area contributed by atoms with E-state index in [-0.39, 0.29) is 11.7 Å². The molecule has 3 aromatic rings. The van der Waals surface area contributed by atoms with Crippen LogP contribution in [0, 0.1) is 6.92 Å². The maximum Gasteiger partial charge on any atom is 0.277 e. The smallest absolute Gasteiger partial charge is 0.277 e. The Balaban J connectivity index is 1.56. The van der Waals surface area contributed by atoms with Gasteiger partial charge in [-0.15, -0.1) is 10.2 Å². The number of nitrogens with zero attached hydrogens (tertiary/aromatic N) is 2. The van der Waals surface area contributed by atoms with Crippen LogP contribution in [0.15, 0.2) is 58.2 Å². The number of anilines is 1. The highest BCUT2D eigenvalue weighted by Gasteiger charge is 2.12. The Morgan fingerprint density at radius 2 is 1.92 bits per heavy atom. The fourth-order valence-corrected chi connectivity index (χ4v) is 2.75. The molecule has 128 valence electrons. The molecule has 1 amide bonds. The van der Waals surface area contributed by atoms with Gasteiger partial charge in [0.1, 0.15) is 5.75 Å². The zero-order valence-electron chi connectivity index (χ0n) is 13.9. The first-order chi connectivity index (χ1) is 12.2. The van der Waals surface area contributed by atoms with Gasteiger partial charge in [-0.1, -0.05) is 30.0 Å². The molecule has 0 saturated heterocycles. The lowest BCUT2D eigenvalue weighted by molar-refractivity contribution is -0.113. The van der Waals surface area contributed by atoms with E-state index in [0.29, 0.717) is 16.8 Å². The summed E-state index contributed by atoms with van der Waals surface area (Å²) in [4.78, 5) is 12.0. The van der Waals surface area contributed by atoms with Crippen LogP contribution >= 0.6 is 11.8 Å². The van der Waals surface area contributed by atoms with Crippen molar-refractivity contribution in [3.05, 3.63) is 54.1 Å². The van der Waals surface area contributed by atoms with Crippen molar-refractivity contribution in [2.24, 2.45) is 0 Å². The Morgan fingerprint density at radius 1 is 1.16 bits per heavy atom. The second-order valence-electron chi connectivity index (χ2n) is 5.25. The second-order valence-corrected chi connectivity index (χ2v) is 6.18. The Labute approximate surface area is 149 Å². The number of aromatic nitrogens is 2. The number of amides is 1. The molecule has 0 spiro atoms. The third-order valence-corrected chi connectivity index (χ3v) is 4.30. The molecule has 6 nitrogen and oxygen atoms in total. The maximum absolute atomic E-state index is 12.0. The summed E-state index contributed by atoms with van der Waals surface area (Å²) in [5.41, 5.74) is 2.65. The fraction of sp³-hybridized carbons (Fsp3) is 0.167. The van der Waals surface area contributed by atoms with E-state index < -0.39 is 0 Å². The minimum Gasteiger partial charge on any atom is -0.497 e. The van der Waals surface area contributed by atoms with Crippen LogP contribution in [0.2, 0.25) is 0 Å². The number of aryl methyl sites for hydroxylation is 1. The minimum absolute atomic E-state index is 0.147. The molecule has 1 heterocycles. The summed E-state index contributed by atoms with van der Waals surface area (Å²) in [5, 5.41) is 11.2. The van der Waals surface area contributed by atoms with Crippen LogP contribution in [0.25, 0.3) is 11.5 Å². The van der Waals surface area contributed by atoms with Crippen molar-refractivity contribution in [1.82, 2.24) is 10.2 Å². The van der Waals surface area contributed by atoms with E-state index in [9.17, 15) is 4.79 Å². The van der Waals surface area contributed by atoms with Gasteiger partial charge in [0.25, 0.3) is 5.22 Å². The van der Waals surface area contributed by atoms with Crippen LogP contribution in [-0.4, -0.2) is 29.0 Å². The summed E-state index contributed by atoms with van der Waals surface area (Å²) in [6, 6.07) is 14.9. The third kappa shape index (κ3) is 4.39. The van der Waals surface area contributed by atoms with Crippen LogP contribution in [0.1, 0.15) is 5.56 Å². The minimum atomic E-state index is -0.147. The van der Waals surface area contributed by atoms with Gasteiger partial charge < -0.3 is 14.5 Å². The Hall–Kier alpha value is -2.80. The van der Waals surface area contributed by atoms with Crippen molar-refractivity contribution < 1.29 is 13.9 Å². The fourth-order valence-electron chi connectivity index (χ4n) is 2.19. The standard InChI is InChI=1S/C18H17N3O3S/c1-12-5-3-4-6-15(12)17-20-21-18(24-17)25-11-16(22)19-13-7-9-14(23-2)10-8-13/h3-10H,11H2,1-2H3,(H,19,22). The van der Waals surface area contributed by atoms with Gasteiger partial charge in [0, 0.05) is 11.3 Å². The largest absolute Gasteiger partial charge is 0.497 e. The van der Waals surface area contributed by atoms with E-state index in [2.05, 4.69) is 15.5 Å². The predicted octanol–water partition coefficient (Wildman–Crippen LogP) is 3.78. The normalized spacial score (nSPS) is 10.5. The van der Waals surface area contributed by atoms with Gasteiger partial charge >= 0.3 is 0 Å². The lowest BCUT2D eigenvalue weighted by Gasteiger charge is -2.05. The van der Waals surface area contributed by atoms with E-state index in [1.807, 2.05) is 31.2 Å². The number of carbonyl (C=O) groups is 1. The molecule has 0 saturated carbocycles. The van der Waals surface area contributed by atoms with Crippen LogP contribution < -0.4 is 10.1 Å². The molecule has 0 radical (unpaired) electrons. The van der Waals surface area contributed by atoms with Crippen LogP contribution in [0.4, 0.5) is 5.69 Å². The van der Waals surface area contributed by atoms with E-state index in [0.717, 1.165) is 16.9 Å². The first kappa shape index (κ1) is 17.0. The molecule has 1 N–H and O–H groups in total. The number of thioether (sulfide) groups is 1. The first-order valence-corrected chi connectivity index (χ1v) is 8.60. The van der Waals surface area contributed by atoms with Crippen LogP contribution in [-0.2, 0) is 4.79 Å². The highest BCUT2D eigenvalue weighted by molar-refractivity contribution is 7.99. The van der Waals surface area contributed by atoms with E-state index in [1.165, 1.54) is 11.8 Å². The average molecular weight is 355 g/mol. The first-order valence-electron chi connectivity index (χ1n) is 7.62. The molecule has 0 atom stereocenters. The van der Waals surface area contributed by atoms with Crippen molar-refractivity contribution in [1.29, 1.82) is 0 Å². The molecule has 0 fully saturated rings. The average Bonchev–Trinajstić information content (AvgIpc) is 3.10. The van der Waals surface area contributed by atoms with Crippen LogP contribution in [0.3, 0.4) is 0 Å². The number of hydrogen-bond acceptors (Lipinski definition) is 6. The van der Waals surface area contributed by atoms with Gasteiger partial charge in [0.05, 0.1) is 12.9 Å². The summed E-state index contributed by atoms with van der Waals surface area (Å²) in [6.07, 6.45) is 0. The Morgan fingerprint density at radius 3 is 2.64 bits per heavy atom. The summed E-state index contributed by atoms with van der Waals surface area (Å²) < 4.78 is 10.7. The van der Waals surface area contributed by atoms with Crippen molar-refractivity contribution in [3.8, 4) is 17.2 Å². The van der Waals surface area contributed by atoms with Gasteiger partial charge in [0.2, 0.25) is 11.8 Å². The molecule has 2 aromatic carbocycles. The van der Waals surface area contributed by atoms with Crippen molar-refractivity contribution >= 4 is 23.4 Å². The molecule has 0 aliphatic rings. The number of nitrogens with one attached hydrogen (secondary N) is 1. The van der Waals surface area contributed by atoms with Crippen molar-refractivity contribution in [3.63, 3.8) is 0 Å². The maximum atomic E-state index is 12.0. The van der Waals surface area contributed by atoms with Gasteiger partial charge in [-0.2, -0.15) is 0 Å². The van der Waals surface area contributed by atoms with Crippen molar-refractivity contribution in [2.45, 2.75) is 12.1 Å². The van der Waals surface area contributed by atoms with E-state index >= 15 is 0 Å². The molecule has 0 bridgehead atoms. The summed E-state index contributed by atoms with van der Waals surface area (Å²) >= 11 is 1.20. The summed E-state index contributed by atoms with van der Waals surface area (Å²) in [5.74, 6) is 1.23. The number of hydrogen-bond donors (Lipinski definition) is 1. The summed E-state index contributed by atoms with van der Waals surface area (Å²) in [6.45, 7) is 1.98. The molecular formula is C18H17N3O3S.